The summed E-state index contributed by atoms with van der Waals surface area (Å²) < 4.78 is 5.24. The summed E-state index contributed by atoms with van der Waals surface area (Å²) in [7, 11) is 0. The van der Waals surface area contributed by atoms with Crippen molar-refractivity contribution in [2.45, 2.75) is 30.7 Å². The molecule has 0 aliphatic carbocycles. The van der Waals surface area contributed by atoms with E-state index in [0.29, 0.717) is 5.56 Å². The number of nitriles is 1. The van der Waals surface area contributed by atoms with Crippen molar-refractivity contribution in [3.8, 4) is 6.07 Å². The largest absolute Gasteiger partial charge is 0.468 e. The highest BCUT2D eigenvalue weighted by atomic mass is 32.2. The summed E-state index contributed by atoms with van der Waals surface area (Å²) in [5, 5.41) is 9.91. The van der Waals surface area contributed by atoms with Crippen molar-refractivity contribution in [3.63, 3.8) is 0 Å². The van der Waals surface area contributed by atoms with E-state index in [9.17, 15) is 0 Å². The molecule has 2 rings (SSSR count). The van der Waals surface area contributed by atoms with Gasteiger partial charge in [0.25, 0.3) is 0 Å². The van der Waals surface area contributed by atoms with Crippen molar-refractivity contribution < 1.29 is 4.42 Å². The summed E-state index contributed by atoms with van der Waals surface area (Å²) in [6, 6.07) is 6.02. The summed E-state index contributed by atoms with van der Waals surface area (Å²) in [5.41, 5.74) is 2.52. The normalized spacial score (nSPS) is 10.2. The van der Waals surface area contributed by atoms with E-state index in [1.807, 2.05) is 32.9 Å². The number of pyridine rings is 1. The minimum absolute atomic E-state index is 0.640. The van der Waals surface area contributed by atoms with E-state index in [-0.39, 0.29) is 0 Å². The Morgan fingerprint density at radius 1 is 1.35 bits per heavy atom. The highest BCUT2D eigenvalue weighted by Gasteiger charge is 2.12. The van der Waals surface area contributed by atoms with Gasteiger partial charge in [0.15, 0.2) is 0 Å². The fourth-order valence-corrected chi connectivity index (χ4v) is 2.62. The zero-order valence-corrected chi connectivity index (χ0v) is 10.8. The van der Waals surface area contributed by atoms with Crippen LogP contribution in [0.2, 0.25) is 0 Å². The van der Waals surface area contributed by atoms with Crippen molar-refractivity contribution >= 4 is 11.8 Å². The molecule has 2 aromatic heterocycles. The average Bonchev–Trinajstić information content (AvgIpc) is 2.64. The molecule has 0 unspecified atom stereocenters. The lowest BCUT2D eigenvalue weighted by molar-refractivity contribution is 0.527. The highest BCUT2D eigenvalue weighted by Crippen LogP contribution is 2.32. The summed E-state index contributed by atoms with van der Waals surface area (Å²) in [6.07, 6.45) is 1.65. The first-order valence-electron chi connectivity index (χ1n) is 5.22. The van der Waals surface area contributed by atoms with Gasteiger partial charge in [0, 0.05) is 5.69 Å². The lowest BCUT2D eigenvalue weighted by atomic mass is 10.1. The van der Waals surface area contributed by atoms with Gasteiger partial charge in [-0.15, -0.1) is 0 Å². The van der Waals surface area contributed by atoms with E-state index < -0.39 is 0 Å². The van der Waals surface area contributed by atoms with Crippen molar-refractivity contribution in [1.82, 2.24) is 4.98 Å². The van der Waals surface area contributed by atoms with Crippen LogP contribution in [-0.4, -0.2) is 4.98 Å². The third-order valence-electron chi connectivity index (χ3n) is 2.44. The number of hydrogen-bond donors (Lipinski definition) is 0. The molecule has 0 aliphatic heterocycles. The van der Waals surface area contributed by atoms with E-state index in [1.54, 1.807) is 6.26 Å². The Bertz CT molecular complexity index is 596. The van der Waals surface area contributed by atoms with Gasteiger partial charge in [-0.25, -0.2) is 4.98 Å². The SMILES string of the molecule is Cc1cc(C)c(C#N)c(Sc2ccoc2C)n1. The van der Waals surface area contributed by atoms with Gasteiger partial charge in [-0.2, -0.15) is 5.26 Å². The molecule has 86 valence electrons. The third-order valence-corrected chi connectivity index (χ3v) is 3.57. The van der Waals surface area contributed by atoms with Crippen LogP contribution in [0.4, 0.5) is 0 Å². The van der Waals surface area contributed by atoms with E-state index in [1.165, 1.54) is 11.8 Å². The first-order valence-corrected chi connectivity index (χ1v) is 6.03. The molecule has 0 atom stereocenters. The van der Waals surface area contributed by atoms with Crippen LogP contribution in [0.15, 0.2) is 32.7 Å². The Labute approximate surface area is 104 Å². The van der Waals surface area contributed by atoms with E-state index in [4.69, 9.17) is 9.68 Å². The summed E-state index contributed by atoms with van der Waals surface area (Å²) in [5.74, 6) is 0.847. The fraction of sp³-hybridized carbons (Fsp3) is 0.231. The fourth-order valence-electron chi connectivity index (χ4n) is 1.60. The van der Waals surface area contributed by atoms with Gasteiger partial charge in [0.1, 0.15) is 16.9 Å². The lowest BCUT2D eigenvalue weighted by Gasteiger charge is -2.06. The second-order valence-electron chi connectivity index (χ2n) is 3.82. The van der Waals surface area contributed by atoms with E-state index >= 15 is 0 Å². The number of rotatable bonds is 2. The maximum atomic E-state index is 9.16. The number of hydrogen-bond acceptors (Lipinski definition) is 4. The molecule has 0 saturated carbocycles. The predicted octanol–water partition coefficient (Wildman–Crippen LogP) is 3.62. The van der Waals surface area contributed by atoms with Crippen LogP contribution >= 0.6 is 11.8 Å². The van der Waals surface area contributed by atoms with Crippen molar-refractivity contribution in [1.29, 1.82) is 5.26 Å². The molecule has 0 radical (unpaired) electrons. The molecule has 3 nitrogen and oxygen atoms in total. The molecule has 2 aromatic rings. The number of nitrogens with zero attached hydrogens (tertiary/aromatic N) is 2. The van der Waals surface area contributed by atoms with Gasteiger partial charge in [0.2, 0.25) is 0 Å². The minimum atomic E-state index is 0.640. The Morgan fingerprint density at radius 2 is 2.12 bits per heavy atom. The molecule has 0 aliphatic rings. The molecule has 0 fully saturated rings. The summed E-state index contributed by atoms with van der Waals surface area (Å²) in [4.78, 5) is 5.42. The number of aryl methyl sites for hydroxylation is 3. The number of aromatic nitrogens is 1. The second-order valence-corrected chi connectivity index (χ2v) is 4.85. The molecule has 0 saturated heterocycles. The van der Waals surface area contributed by atoms with E-state index in [0.717, 1.165) is 26.9 Å². The van der Waals surface area contributed by atoms with Crippen LogP contribution in [0, 0.1) is 32.1 Å². The maximum Gasteiger partial charge on any atom is 0.119 e. The van der Waals surface area contributed by atoms with Gasteiger partial charge >= 0.3 is 0 Å². The third kappa shape index (κ3) is 2.34. The lowest BCUT2D eigenvalue weighted by Crippen LogP contribution is -1.94. The van der Waals surface area contributed by atoms with Crippen molar-refractivity contribution in [3.05, 3.63) is 41.0 Å². The Morgan fingerprint density at radius 3 is 2.71 bits per heavy atom. The van der Waals surface area contributed by atoms with Gasteiger partial charge in [-0.3, -0.25) is 0 Å². The standard InChI is InChI=1S/C13H12N2OS/c1-8-6-9(2)15-13(11(8)7-14)17-12-4-5-16-10(12)3/h4-6H,1-3H3. The molecule has 4 heteroatoms. The monoisotopic (exact) mass is 244 g/mol. The zero-order valence-electron chi connectivity index (χ0n) is 9.94. The zero-order chi connectivity index (χ0) is 12.4. The van der Waals surface area contributed by atoms with Gasteiger partial charge in [-0.1, -0.05) is 11.8 Å². The summed E-state index contributed by atoms with van der Waals surface area (Å²) >= 11 is 1.47. The van der Waals surface area contributed by atoms with Crippen LogP contribution in [0.5, 0.6) is 0 Å². The van der Waals surface area contributed by atoms with Crippen molar-refractivity contribution in [2.75, 3.05) is 0 Å². The van der Waals surface area contributed by atoms with Crippen LogP contribution < -0.4 is 0 Å². The van der Waals surface area contributed by atoms with Crippen molar-refractivity contribution in [2.24, 2.45) is 0 Å². The Balaban J connectivity index is 2.46. The molecule has 0 bridgehead atoms. The smallest absolute Gasteiger partial charge is 0.119 e. The molecule has 0 spiro atoms. The summed E-state index contributed by atoms with van der Waals surface area (Å²) in [6.45, 7) is 5.76. The second kappa shape index (κ2) is 4.64. The van der Waals surface area contributed by atoms with Gasteiger partial charge in [0.05, 0.1) is 16.7 Å². The molecule has 0 N–H and O–H groups in total. The quantitative estimate of drug-likeness (QED) is 0.809. The van der Waals surface area contributed by atoms with Crippen LogP contribution in [0.25, 0.3) is 0 Å². The molecule has 17 heavy (non-hydrogen) atoms. The van der Waals surface area contributed by atoms with E-state index in [2.05, 4.69) is 11.1 Å². The van der Waals surface area contributed by atoms with Crippen LogP contribution in [-0.2, 0) is 0 Å². The van der Waals surface area contributed by atoms with Crippen LogP contribution in [0.1, 0.15) is 22.6 Å². The predicted molar refractivity (Wildman–Crippen MR) is 66.0 cm³/mol. The average molecular weight is 244 g/mol. The minimum Gasteiger partial charge on any atom is -0.468 e. The molecule has 0 aromatic carbocycles. The maximum absolute atomic E-state index is 9.16. The Hall–Kier alpha value is -1.73. The van der Waals surface area contributed by atoms with Gasteiger partial charge in [-0.05, 0) is 38.5 Å². The van der Waals surface area contributed by atoms with Crippen LogP contribution in [0.3, 0.4) is 0 Å². The molecule has 2 heterocycles. The highest BCUT2D eigenvalue weighted by molar-refractivity contribution is 7.99. The number of furan rings is 1. The Kier molecular flexibility index (Phi) is 3.21. The topological polar surface area (TPSA) is 49.8 Å². The molecular formula is C13H12N2OS. The first-order chi connectivity index (χ1) is 8.11. The van der Waals surface area contributed by atoms with Gasteiger partial charge < -0.3 is 4.42 Å². The molecular weight excluding hydrogens is 232 g/mol. The molecule has 0 amide bonds. The first kappa shape index (κ1) is 11.7.